The van der Waals surface area contributed by atoms with Gasteiger partial charge in [0.1, 0.15) is 0 Å². The minimum Gasteiger partial charge on any atom is -0.356 e. The van der Waals surface area contributed by atoms with Gasteiger partial charge in [-0.3, -0.25) is 4.79 Å². The Labute approximate surface area is 93.4 Å². The van der Waals surface area contributed by atoms with Crippen molar-refractivity contribution in [3.8, 4) is 0 Å². The summed E-state index contributed by atoms with van der Waals surface area (Å²) in [6, 6.07) is 0. The number of hydrogen-bond acceptors (Lipinski definition) is 2. The van der Waals surface area contributed by atoms with Crippen molar-refractivity contribution >= 4 is 33.6 Å². The van der Waals surface area contributed by atoms with Crippen molar-refractivity contribution in [3.05, 3.63) is 0 Å². The summed E-state index contributed by atoms with van der Waals surface area (Å²) in [5, 5.41) is 3.94. The van der Waals surface area contributed by atoms with Gasteiger partial charge < -0.3 is 5.32 Å². The minimum absolute atomic E-state index is 0.177. The highest BCUT2D eigenvalue weighted by molar-refractivity contribution is 9.09. The van der Waals surface area contributed by atoms with Crippen LogP contribution in [-0.4, -0.2) is 29.8 Å². The number of thioether (sulfide) groups is 1. The van der Waals surface area contributed by atoms with E-state index < -0.39 is 0 Å². The average molecular weight is 268 g/mol. The fourth-order valence-electron chi connectivity index (χ4n) is 0.860. The van der Waals surface area contributed by atoms with Crippen LogP contribution in [0.2, 0.25) is 0 Å². The number of hydrogen-bond donors (Lipinski definition) is 1. The maximum Gasteiger partial charge on any atom is 0.220 e. The van der Waals surface area contributed by atoms with E-state index in [9.17, 15) is 4.79 Å². The Kier molecular flexibility index (Phi) is 9.08. The molecular formula is C9H18BrNOS. The highest BCUT2D eigenvalue weighted by Crippen LogP contribution is 2.02. The molecule has 0 heterocycles. The molecule has 4 heteroatoms. The van der Waals surface area contributed by atoms with E-state index in [1.807, 2.05) is 6.26 Å². The van der Waals surface area contributed by atoms with Crippen molar-refractivity contribution in [2.24, 2.45) is 5.92 Å². The van der Waals surface area contributed by atoms with Crippen LogP contribution in [0.1, 0.15) is 19.8 Å². The zero-order valence-electron chi connectivity index (χ0n) is 8.31. The second-order valence-electron chi connectivity index (χ2n) is 3.13. The molecular weight excluding hydrogens is 250 g/mol. The van der Waals surface area contributed by atoms with Crippen molar-refractivity contribution < 1.29 is 4.79 Å². The van der Waals surface area contributed by atoms with Gasteiger partial charge >= 0.3 is 0 Å². The van der Waals surface area contributed by atoms with Crippen molar-refractivity contribution in [2.75, 3.05) is 23.9 Å². The SMILES string of the molecule is CSCCC(=O)NCC(C)CCBr. The Bertz CT molecular complexity index is 144. The van der Waals surface area contributed by atoms with Gasteiger partial charge in [-0.05, 0) is 18.6 Å². The highest BCUT2D eigenvalue weighted by atomic mass is 79.9. The van der Waals surface area contributed by atoms with E-state index in [2.05, 4.69) is 28.2 Å². The number of carbonyl (C=O) groups is 1. The quantitative estimate of drug-likeness (QED) is 0.718. The lowest BCUT2D eigenvalue weighted by Crippen LogP contribution is -2.28. The summed E-state index contributed by atoms with van der Waals surface area (Å²) in [6.45, 7) is 2.95. The lowest BCUT2D eigenvalue weighted by molar-refractivity contribution is -0.120. The smallest absolute Gasteiger partial charge is 0.220 e. The summed E-state index contributed by atoms with van der Waals surface area (Å²) in [4.78, 5) is 11.2. The maximum atomic E-state index is 11.2. The van der Waals surface area contributed by atoms with Gasteiger partial charge in [0.2, 0.25) is 5.91 Å². The molecule has 0 aliphatic heterocycles. The molecule has 0 aliphatic rings. The summed E-state index contributed by atoms with van der Waals surface area (Å²) in [5.74, 6) is 1.66. The maximum absolute atomic E-state index is 11.2. The largest absolute Gasteiger partial charge is 0.356 e. The fraction of sp³-hybridized carbons (Fsp3) is 0.889. The second-order valence-corrected chi connectivity index (χ2v) is 4.91. The van der Waals surface area contributed by atoms with E-state index in [0.29, 0.717) is 12.3 Å². The van der Waals surface area contributed by atoms with E-state index >= 15 is 0 Å². The van der Waals surface area contributed by atoms with Crippen LogP contribution in [0.15, 0.2) is 0 Å². The molecule has 0 aromatic heterocycles. The lowest BCUT2D eigenvalue weighted by atomic mass is 10.1. The van der Waals surface area contributed by atoms with Crippen molar-refractivity contribution in [1.82, 2.24) is 5.32 Å². The topological polar surface area (TPSA) is 29.1 Å². The Balaban J connectivity index is 3.34. The Morgan fingerprint density at radius 1 is 1.62 bits per heavy atom. The van der Waals surface area contributed by atoms with Gasteiger partial charge in [-0.15, -0.1) is 0 Å². The predicted octanol–water partition coefficient (Wildman–Crippen LogP) is 2.28. The molecule has 0 aromatic carbocycles. The first-order valence-electron chi connectivity index (χ1n) is 4.52. The molecule has 1 N–H and O–H groups in total. The van der Waals surface area contributed by atoms with E-state index in [0.717, 1.165) is 24.0 Å². The zero-order valence-corrected chi connectivity index (χ0v) is 10.7. The highest BCUT2D eigenvalue weighted by Gasteiger charge is 2.03. The fourth-order valence-corrected chi connectivity index (χ4v) is 2.03. The molecule has 0 aliphatic carbocycles. The predicted molar refractivity (Wildman–Crippen MR) is 63.6 cm³/mol. The standard InChI is InChI=1S/C9H18BrNOS/c1-8(3-5-10)7-11-9(12)4-6-13-2/h8H,3-7H2,1-2H3,(H,11,12). The number of rotatable bonds is 7. The molecule has 0 saturated heterocycles. The Morgan fingerprint density at radius 3 is 2.85 bits per heavy atom. The molecule has 0 rings (SSSR count). The van der Waals surface area contributed by atoms with Crippen LogP contribution in [-0.2, 0) is 4.79 Å². The van der Waals surface area contributed by atoms with Crippen LogP contribution in [0.5, 0.6) is 0 Å². The molecule has 1 unspecified atom stereocenters. The summed E-state index contributed by atoms with van der Waals surface area (Å²) in [6.07, 6.45) is 3.77. The monoisotopic (exact) mass is 267 g/mol. The van der Waals surface area contributed by atoms with Crippen LogP contribution in [0.4, 0.5) is 0 Å². The molecule has 0 aromatic rings. The van der Waals surface area contributed by atoms with E-state index in [-0.39, 0.29) is 5.91 Å². The summed E-state index contributed by atoms with van der Waals surface area (Å²) < 4.78 is 0. The van der Waals surface area contributed by atoms with E-state index in [4.69, 9.17) is 0 Å². The number of carbonyl (C=O) groups excluding carboxylic acids is 1. The first-order chi connectivity index (χ1) is 6.20. The number of nitrogens with one attached hydrogen (secondary N) is 1. The third kappa shape index (κ3) is 8.63. The molecule has 1 amide bonds. The van der Waals surface area contributed by atoms with Crippen LogP contribution >= 0.6 is 27.7 Å². The second kappa shape index (κ2) is 8.88. The van der Waals surface area contributed by atoms with Crippen molar-refractivity contribution in [2.45, 2.75) is 19.8 Å². The minimum atomic E-state index is 0.177. The van der Waals surface area contributed by atoms with Gasteiger partial charge in [0.25, 0.3) is 0 Å². The molecule has 13 heavy (non-hydrogen) atoms. The van der Waals surface area contributed by atoms with Crippen LogP contribution in [0, 0.1) is 5.92 Å². The van der Waals surface area contributed by atoms with E-state index in [1.165, 1.54) is 0 Å². The lowest BCUT2D eigenvalue weighted by Gasteiger charge is -2.10. The molecule has 2 nitrogen and oxygen atoms in total. The molecule has 0 radical (unpaired) electrons. The normalized spacial score (nSPS) is 12.5. The number of amides is 1. The third-order valence-electron chi connectivity index (χ3n) is 1.78. The average Bonchev–Trinajstić information content (AvgIpc) is 2.12. The van der Waals surface area contributed by atoms with Crippen LogP contribution in [0.25, 0.3) is 0 Å². The summed E-state index contributed by atoms with van der Waals surface area (Å²) in [7, 11) is 0. The molecule has 1 atom stereocenters. The molecule has 78 valence electrons. The first-order valence-corrected chi connectivity index (χ1v) is 7.03. The molecule has 0 fully saturated rings. The zero-order chi connectivity index (χ0) is 10.1. The summed E-state index contributed by atoms with van der Waals surface area (Å²) >= 11 is 5.09. The van der Waals surface area contributed by atoms with Gasteiger partial charge in [0.05, 0.1) is 0 Å². The Morgan fingerprint density at radius 2 is 2.31 bits per heavy atom. The van der Waals surface area contributed by atoms with Gasteiger partial charge in [-0.25, -0.2) is 0 Å². The van der Waals surface area contributed by atoms with E-state index in [1.54, 1.807) is 11.8 Å². The van der Waals surface area contributed by atoms with Crippen molar-refractivity contribution in [1.29, 1.82) is 0 Å². The first kappa shape index (κ1) is 13.3. The van der Waals surface area contributed by atoms with Crippen molar-refractivity contribution in [3.63, 3.8) is 0 Å². The molecule has 0 saturated carbocycles. The number of alkyl halides is 1. The molecule has 0 bridgehead atoms. The van der Waals surface area contributed by atoms with Crippen LogP contribution in [0.3, 0.4) is 0 Å². The van der Waals surface area contributed by atoms with Crippen LogP contribution < -0.4 is 5.32 Å². The van der Waals surface area contributed by atoms with Gasteiger partial charge in [-0.1, -0.05) is 22.9 Å². The number of halogens is 1. The Hall–Kier alpha value is 0.300. The van der Waals surface area contributed by atoms with Gasteiger partial charge in [0.15, 0.2) is 0 Å². The molecule has 0 spiro atoms. The van der Waals surface area contributed by atoms with Gasteiger partial charge in [-0.2, -0.15) is 11.8 Å². The van der Waals surface area contributed by atoms with Gasteiger partial charge in [0, 0.05) is 24.0 Å². The summed E-state index contributed by atoms with van der Waals surface area (Å²) in [5.41, 5.74) is 0. The third-order valence-corrected chi connectivity index (χ3v) is 2.85.